The lowest BCUT2D eigenvalue weighted by molar-refractivity contribution is -0.00545. The third-order valence-corrected chi connectivity index (χ3v) is 4.47. The molecule has 0 aliphatic carbocycles. The Morgan fingerprint density at radius 3 is 2.75 bits per heavy atom. The van der Waals surface area contributed by atoms with Crippen LogP contribution in [0.5, 0.6) is 0 Å². The van der Waals surface area contributed by atoms with E-state index in [4.69, 9.17) is 9.72 Å². The van der Waals surface area contributed by atoms with E-state index in [9.17, 15) is 0 Å². The van der Waals surface area contributed by atoms with Gasteiger partial charge in [-0.05, 0) is 32.4 Å². The molecule has 1 N–H and O–H groups in total. The zero-order valence-corrected chi connectivity index (χ0v) is 12.2. The van der Waals surface area contributed by atoms with E-state index in [2.05, 4.69) is 41.1 Å². The number of nitrogens with zero attached hydrogens (tertiary/aromatic N) is 3. The molecule has 4 rings (SSSR count). The van der Waals surface area contributed by atoms with Gasteiger partial charge in [0.2, 0.25) is 0 Å². The summed E-state index contributed by atoms with van der Waals surface area (Å²) in [4.78, 5) is 9.65. The molecule has 0 radical (unpaired) electrons. The van der Waals surface area contributed by atoms with Crippen LogP contribution in [0.15, 0.2) is 12.1 Å². The fraction of sp³-hybridized carbons (Fsp3) is 0.667. The van der Waals surface area contributed by atoms with Gasteiger partial charge in [0.15, 0.2) is 5.82 Å². The van der Waals surface area contributed by atoms with E-state index in [1.165, 1.54) is 12.1 Å². The lowest BCUT2D eigenvalue weighted by Gasteiger charge is -2.37. The predicted molar refractivity (Wildman–Crippen MR) is 80.7 cm³/mol. The highest BCUT2D eigenvalue weighted by molar-refractivity contribution is 5.72. The maximum Gasteiger partial charge on any atom is 0.152 e. The average molecular weight is 274 g/mol. The molecule has 0 spiro atoms. The van der Waals surface area contributed by atoms with Crippen molar-refractivity contribution in [1.82, 2.24) is 4.98 Å². The van der Waals surface area contributed by atoms with Crippen molar-refractivity contribution < 1.29 is 4.74 Å². The molecule has 20 heavy (non-hydrogen) atoms. The van der Waals surface area contributed by atoms with Gasteiger partial charge in [-0.25, -0.2) is 4.98 Å². The molecule has 0 aromatic carbocycles. The molecule has 0 amide bonds. The quantitative estimate of drug-likeness (QED) is 0.844. The predicted octanol–water partition coefficient (Wildman–Crippen LogP) is 1.70. The minimum atomic E-state index is 0.268. The largest absolute Gasteiger partial charge is 0.372 e. The highest BCUT2D eigenvalue weighted by atomic mass is 16.5. The Labute approximate surface area is 119 Å². The number of anilines is 3. The van der Waals surface area contributed by atoms with Crippen LogP contribution in [-0.4, -0.2) is 49.4 Å². The van der Waals surface area contributed by atoms with Crippen LogP contribution in [0.1, 0.15) is 20.3 Å². The molecule has 2 bridgehead atoms. The van der Waals surface area contributed by atoms with Gasteiger partial charge in [-0.2, -0.15) is 0 Å². The fourth-order valence-electron chi connectivity index (χ4n) is 3.63. The maximum atomic E-state index is 5.80. The lowest BCUT2D eigenvalue weighted by atomic mass is 10.2. The summed E-state index contributed by atoms with van der Waals surface area (Å²) in [5, 5.41) is 3.58. The molecular weight excluding hydrogens is 252 g/mol. The molecule has 3 aliphatic heterocycles. The summed E-state index contributed by atoms with van der Waals surface area (Å²) in [5.74, 6) is 2.13. The topological polar surface area (TPSA) is 40.6 Å². The maximum absolute atomic E-state index is 5.80. The van der Waals surface area contributed by atoms with Crippen LogP contribution in [-0.2, 0) is 4.74 Å². The third kappa shape index (κ3) is 2.00. The number of nitrogens with one attached hydrogen (secondary N) is 1. The van der Waals surface area contributed by atoms with Gasteiger partial charge in [0.1, 0.15) is 5.82 Å². The summed E-state index contributed by atoms with van der Waals surface area (Å²) in [6, 6.07) is 4.95. The third-order valence-electron chi connectivity index (χ3n) is 4.47. The molecular formula is C15H22N4O. The van der Waals surface area contributed by atoms with Gasteiger partial charge in [-0.3, -0.25) is 0 Å². The number of rotatable bonds is 1. The molecule has 5 nitrogen and oxygen atoms in total. The van der Waals surface area contributed by atoms with Crippen molar-refractivity contribution in [3.05, 3.63) is 12.1 Å². The van der Waals surface area contributed by atoms with Crippen molar-refractivity contribution in [2.24, 2.45) is 0 Å². The number of pyridine rings is 1. The molecule has 0 saturated carbocycles. The van der Waals surface area contributed by atoms with Gasteiger partial charge in [-0.1, -0.05) is 0 Å². The summed E-state index contributed by atoms with van der Waals surface area (Å²) in [5.41, 5.74) is 1.26. The summed E-state index contributed by atoms with van der Waals surface area (Å²) in [7, 11) is 0. The van der Waals surface area contributed by atoms with Crippen LogP contribution in [0.2, 0.25) is 0 Å². The first kappa shape index (κ1) is 12.3. The first-order valence-electron chi connectivity index (χ1n) is 7.62. The Kier molecular flexibility index (Phi) is 2.77. The summed E-state index contributed by atoms with van der Waals surface area (Å²) in [6.07, 6.45) is 1.76. The Hall–Kier alpha value is -1.49. The van der Waals surface area contributed by atoms with E-state index in [0.717, 1.165) is 37.8 Å². The Morgan fingerprint density at radius 1 is 1.15 bits per heavy atom. The minimum absolute atomic E-state index is 0.268. The van der Waals surface area contributed by atoms with Gasteiger partial charge >= 0.3 is 0 Å². The molecule has 3 aliphatic rings. The number of fused-ring (bicyclic) bond motifs is 4. The molecule has 1 aromatic heterocycles. The normalized spacial score (nSPS) is 32.0. The fourth-order valence-corrected chi connectivity index (χ4v) is 3.63. The second kappa shape index (κ2) is 4.52. The number of hydrogen-bond acceptors (Lipinski definition) is 5. The van der Waals surface area contributed by atoms with Crippen molar-refractivity contribution in [3.63, 3.8) is 0 Å². The van der Waals surface area contributed by atoms with Gasteiger partial charge in [0, 0.05) is 32.2 Å². The molecule has 5 heteroatoms. The number of hydrogen-bond donors (Lipinski definition) is 1. The molecule has 3 atom stereocenters. The second-order valence-corrected chi connectivity index (χ2v) is 6.28. The van der Waals surface area contributed by atoms with Crippen LogP contribution in [0.4, 0.5) is 17.3 Å². The Bertz CT molecular complexity index is 511. The van der Waals surface area contributed by atoms with E-state index in [-0.39, 0.29) is 12.2 Å². The van der Waals surface area contributed by atoms with Crippen LogP contribution < -0.4 is 15.1 Å². The smallest absolute Gasteiger partial charge is 0.152 e. The monoisotopic (exact) mass is 274 g/mol. The highest BCUT2D eigenvalue weighted by Crippen LogP contribution is 2.35. The minimum Gasteiger partial charge on any atom is -0.372 e. The average Bonchev–Trinajstić information content (AvgIpc) is 2.80. The Morgan fingerprint density at radius 2 is 1.95 bits per heavy atom. The van der Waals surface area contributed by atoms with Gasteiger partial charge in [-0.15, -0.1) is 0 Å². The first-order chi connectivity index (χ1) is 9.69. The molecule has 1 aromatic rings. The molecule has 2 saturated heterocycles. The van der Waals surface area contributed by atoms with Crippen LogP contribution in [0, 0.1) is 0 Å². The van der Waals surface area contributed by atoms with Crippen molar-refractivity contribution in [2.75, 3.05) is 41.3 Å². The van der Waals surface area contributed by atoms with E-state index < -0.39 is 0 Å². The number of aromatic nitrogens is 1. The summed E-state index contributed by atoms with van der Waals surface area (Å²) < 4.78 is 5.80. The van der Waals surface area contributed by atoms with Crippen LogP contribution in [0.3, 0.4) is 0 Å². The number of ether oxygens (including phenoxy) is 1. The van der Waals surface area contributed by atoms with E-state index in [1.54, 1.807) is 0 Å². The summed E-state index contributed by atoms with van der Waals surface area (Å²) in [6.45, 7) is 8.38. The Balaban J connectivity index is 1.62. The number of morpholine rings is 1. The van der Waals surface area contributed by atoms with Crippen molar-refractivity contribution in [3.8, 4) is 0 Å². The van der Waals surface area contributed by atoms with Crippen molar-refractivity contribution in [1.29, 1.82) is 0 Å². The van der Waals surface area contributed by atoms with E-state index in [0.29, 0.717) is 6.04 Å². The van der Waals surface area contributed by atoms with Gasteiger partial charge in [0.05, 0.1) is 17.9 Å². The second-order valence-electron chi connectivity index (χ2n) is 6.28. The SMILES string of the molecule is C[C@@H]1CN(c2ccc3c(n2)N[C@H]2CCN3C2)C[C@H](C)O1. The molecule has 108 valence electrons. The lowest BCUT2D eigenvalue weighted by Crippen LogP contribution is -2.46. The summed E-state index contributed by atoms with van der Waals surface area (Å²) >= 11 is 0. The molecule has 2 fully saturated rings. The van der Waals surface area contributed by atoms with Gasteiger partial charge < -0.3 is 19.9 Å². The zero-order chi connectivity index (χ0) is 13.7. The standard InChI is InChI=1S/C15H22N4O/c1-10-7-19(8-11(2)20-10)14-4-3-13-15(17-14)16-12-5-6-18(13)9-12/h3-4,10-12H,5-9H2,1-2H3,(H,16,17)/t10-,11+,12-/m0/s1. The highest BCUT2D eigenvalue weighted by Gasteiger charge is 2.31. The molecule has 0 unspecified atom stereocenters. The van der Waals surface area contributed by atoms with E-state index >= 15 is 0 Å². The first-order valence-corrected chi connectivity index (χ1v) is 7.62. The van der Waals surface area contributed by atoms with Crippen LogP contribution in [0.25, 0.3) is 0 Å². The van der Waals surface area contributed by atoms with Crippen molar-refractivity contribution >= 4 is 17.3 Å². The van der Waals surface area contributed by atoms with Crippen molar-refractivity contribution in [2.45, 2.75) is 38.5 Å². The van der Waals surface area contributed by atoms with E-state index in [1.807, 2.05) is 0 Å². The molecule has 4 heterocycles. The van der Waals surface area contributed by atoms with Crippen LogP contribution >= 0.6 is 0 Å². The van der Waals surface area contributed by atoms with Gasteiger partial charge in [0.25, 0.3) is 0 Å². The zero-order valence-electron chi connectivity index (χ0n) is 12.2.